The van der Waals surface area contributed by atoms with Crippen LogP contribution in [0.4, 0.5) is 5.82 Å². The minimum absolute atomic E-state index is 0.0664. The number of halogens is 1. The number of hydrogen-bond acceptors (Lipinski definition) is 3. The molecule has 0 aliphatic carbocycles. The quantitative estimate of drug-likeness (QED) is 0.791. The van der Waals surface area contributed by atoms with Gasteiger partial charge < -0.3 is 9.88 Å². The molecule has 0 aliphatic heterocycles. The largest absolute Gasteiger partial charge is 0.347 e. The molecule has 0 radical (unpaired) electrons. The van der Waals surface area contributed by atoms with Crippen LogP contribution in [0.15, 0.2) is 47.5 Å². The van der Waals surface area contributed by atoms with Crippen LogP contribution in [0.1, 0.15) is 22.8 Å². The average molecular weight is 342 g/mol. The van der Waals surface area contributed by atoms with Crippen molar-refractivity contribution in [1.82, 2.24) is 9.55 Å². The Bertz CT molecular complexity index is 995. The number of carbonyl (C=O) groups excluding carboxylic acids is 1. The molecule has 3 aromatic rings. The molecular weight excluding hydrogens is 326 g/mol. The van der Waals surface area contributed by atoms with Gasteiger partial charge in [-0.05, 0) is 43.7 Å². The van der Waals surface area contributed by atoms with E-state index in [1.54, 1.807) is 36.7 Å². The van der Waals surface area contributed by atoms with Crippen LogP contribution < -0.4 is 10.7 Å². The van der Waals surface area contributed by atoms with Crippen LogP contribution in [0.5, 0.6) is 0 Å². The predicted octanol–water partition coefficient (Wildman–Crippen LogP) is 3.63. The zero-order chi connectivity index (χ0) is 17.3. The maximum absolute atomic E-state index is 12.7. The van der Waals surface area contributed by atoms with Crippen LogP contribution in [-0.2, 0) is 6.54 Å². The maximum atomic E-state index is 12.7. The molecule has 3 rings (SSSR count). The van der Waals surface area contributed by atoms with Gasteiger partial charge in [-0.3, -0.25) is 9.59 Å². The Kier molecular flexibility index (Phi) is 4.36. The first kappa shape index (κ1) is 16.2. The van der Waals surface area contributed by atoms with E-state index in [0.717, 1.165) is 11.1 Å². The van der Waals surface area contributed by atoms with Gasteiger partial charge in [0.2, 0.25) is 5.43 Å². The Balaban J connectivity index is 2.12. The van der Waals surface area contributed by atoms with Crippen molar-refractivity contribution < 1.29 is 4.79 Å². The number of benzene rings is 1. The van der Waals surface area contributed by atoms with Crippen molar-refractivity contribution in [2.45, 2.75) is 20.4 Å². The van der Waals surface area contributed by atoms with Crippen molar-refractivity contribution in [3.05, 3.63) is 69.1 Å². The third-order valence-corrected chi connectivity index (χ3v) is 4.10. The number of aromatic nitrogens is 2. The summed E-state index contributed by atoms with van der Waals surface area (Å²) in [4.78, 5) is 29.4. The minimum Gasteiger partial charge on any atom is -0.347 e. The second-order valence-electron chi connectivity index (χ2n) is 5.44. The van der Waals surface area contributed by atoms with Gasteiger partial charge in [0, 0.05) is 29.3 Å². The summed E-state index contributed by atoms with van der Waals surface area (Å²) in [5.41, 5.74) is 1.29. The summed E-state index contributed by atoms with van der Waals surface area (Å²) >= 11 is 6.01. The van der Waals surface area contributed by atoms with E-state index >= 15 is 0 Å². The molecule has 2 aromatic heterocycles. The van der Waals surface area contributed by atoms with Gasteiger partial charge in [0.25, 0.3) is 5.91 Å². The number of hydrogen-bond donors (Lipinski definition) is 1. The number of fused-ring (bicyclic) bond motifs is 1. The van der Waals surface area contributed by atoms with Crippen molar-refractivity contribution in [3.8, 4) is 0 Å². The van der Waals surface area contributed by atoms with E-state index in [1.807, 2.05) is 24.5 Å². The molecule has 0 unspecified atom stereocenters. The molecule has 1 N–H and O–H groups in total. The zero-order valence-corrected chi connectivity index (χ0v) is 14.1. The van der Waals surface area contributed by atoms with Crippen LogP contribution in [0.3, 0.4) is 0 Å². The van der Waals surface area contributed by atoms with E-state index in [-0.39, 0.29) is 11.0 Å². The van der Waals surface area contributed by atoms with Gasteiger partial charge in [0.05, 0.1) is 5.52 Å². The highest BCUT2D eigenvalue weighted by Crippen LogP contribution is 2.18. The third-order valence-electron chi connectivity index (χ3n) is 3.87. The van der Waals surface area contributed by atoms with Crippen molar-refractivity contribution in [3.63, 3.8) is 0 Å². The summed E-state index contributed by atoms with van der Waals surface area (Å²) in [6.45, 7) is 4.41. The fraction of sp³-hybridized carbons (Fsp3) is 0.167. The van der Waals surface area contributed by atoms with Crippen molar-refractivity contribution in [2.24, 2.45) is 0 Å². The summed E-state index contributed by atoms with van der Waals surface area (Å²) in [7, 11) is 0. The number of pyridine rings is 2. The number of nitrogens with zero attached hydrogens (tertiary/aromatic N) is 2. The summed E-state index contributed by atoms with van der Waals surface area (Å²) < 4.78 is 1.85. The molecule has 5 nitrogen and oxygen atoms in total. The summed E-state index contributed by atoms with van der Waals surface area (Å²) in [5, 5.41) is 3.59. The lowest BCUT2D eigenvalue weighted by atomic mass is 10.1. The van der Waals surface area contributed by atoms with Crippen molar-refractivity contribution in [1.29, 1.82) is 0 Å². The maximum Gasteiger partial charge on any atom is 0.262 e. The van der Waals surface area contributed by atoms with Gasteiger partial charge in [-0.1, -0.05) is 17.7 Å². The first-order valence-electron chi connectivity index (χ1n) is 7.57. The molecule has 122 valence electrons. The van der Waals surface area contributed by atoms with Gasteiger partial charge in [0.1, 0.15) is 11.4 Å². The average Bonchev–Trinajstić information content (AvgIpc) is 2.57. The molecule has 0 saturated heterocycles. The lowest BCUT2D eigenvalue weighted by molar-refractivity contribution is 0.102. The van der Waals surface area contributed by atoms with E-state index in [9.17, 15) is 9.59 Å². The lowest BCUT2D eigenvalue weighted by Crippen LogP contribution is -2.24. The summed E-state index contributed by atoms with van der Waals surface area (Å²) in [6.07, 6.45) is 3.17. The highest BCUT2D eigenvalue weighted by atomic mass is 35.5. The van der Waals surface area contributed by atoms with Gasteiger partial charge in [-0.15, -0.1) is 0 Å². The Hall–Kier alpha value is -2.66. The molecule has 0 atom stereocenters. The van der Waals surface area contributed by atoms with Gasteiger partial charge in [-0.25, -0.2) is 4.98 Å². The van der Waals surface area contributed by atoms with Gasteiger partial charge in [0.15, 0.2) is 0 Å². The number of amides is 1. The van der Waals surface area contributed by atoms with Gasteiger partial charge in [-0.2, -0.15) is 0 Å². The molecule has 0 spiro atoms. The van der Waals surface area contributed by atoms with Crippen LogP contribution in [0.2, 0.25) is 5.02 Å². The molecule has 0 fully saturated rings. The van der Waals surface area contributed by atoms with E-state index in [1.165, 1.54) is 0 Å². The first-order valence-corrected chi connectivity index (χ1v) is 7.94. The molecule has 6 heteroatoms. The number of nitrogens with one attached hydrogen (secondary N) is 1. The molecule has 0 aliphatic rings. The predicted molar refractivity (Wildman–Crippen MR) is 95.8 cm³/mol. The van der Waals surface area contributed by atoms with Crippen LogP contribution in [0.25, 0.3) is 10.9 Å². The second-order valence-corrected chi connectivity index (χ2v) is 5.88. The smallest absolute Gasteiger partial charge is 0.262 e. The highest BCUT2D eigenvalue weighted by Gasteiger charge is 2.16. The van der Waals surface area contributed by atoms with E-state index in [2.05, 4.69) is 10.3 Å². The minimum atomic E-state index is -0.481. The number of aryl methyl sites for hydroxylation is 2. The Morgan fingerprint density at radius 3 is 2.83 bits per heavy atom. The Morgan fingerprint density at radius 2 is 2.12 bits per heavy atom. The molecule has 24 heavy (non-hydrogen) atoms. The molecule has 1 amide bonds. The number of rotatable bonds is 3. The van der Waals surface area contributed by atoms with Crippen LogP contribution in [-0.4, -0.2) is 15.5 Å². The monoisotopic (exact) mass is 341 g/mol. The first-order chi connectivity index (χ1) is 11.5. The molecule has 0 bridgehead atoms. The van der Waals surface area contributed by atoms with Gasteiger partial charge >= 0.3 is 0 Å². The molecule has 0 saturated carbocycles. The number of carbonyl (C=O) groups is 1. The standard InChI is InChI=1S/C18H16ClN3O2/c1-3-22-10-14(16(23)13-9-12(19)6-7-15(13)22)18(24)21-17-11(2)5-4-8-20-17/h4-10H,3H2,1-2H3,(H,20,21,24). The Labute approximate surface area is 143 Å². The second kappa shape index (κ2) is 6.45. The molecule has 1 aromatic carbocycles. The normalized spacial score (nSPS) is 10.8. The van der Waals surface area contributed by atoms with E-state index in [4.69, 9.17) is 11.6 Å². The topological polar surface area (TPSA) is 64.0 Å². The zero-order valence-electron chi connectivity index (χ0n) is 13.3. The van der Waals surface area contributed by atoms with E-state index in [0.29, 0.717) is 22.8 Å². The van der Waals surface area contributed by atoms with E-state index < -0.39 is 5.91 Å². The van der Waals surface area contributed by atoms with Crippen LogP contribution in [0, 0.1) is 6.92 Å². The summed E-state index contributed by atoms with van der Waals surface area (Å²) in [6, 6.07) is 8.73. The third kappa shape index (κ3) is 2.90. The summed E-state index contributed by atoms with van der Waals surface area (Å²) in [5.74, 6) is -0.0398. The Morgan fingerprint density at radius 1 is 1.33 bits per heavy atom. The van der Waals surface area contributed by atoms with Crippen LogP contribution >= 0.6 is 11.6 Å². The molecular formula is C18H16ClN3O2. The highest BCUT2D eigenvalue weighted by molar-refractivity contribution is 6.31. The van der Waals surface area contributed by atoms with Crippen molar-refractivity contribution >= 4 is 34.2 Å². The van der Waals surface area contributed by atoms with Crippen molar-refractivity contribution in [2.75, 3.05) is 5.32 Å². The lowest BCUT2D eigenvalue weighted by Gasteiger charge is -2.12. The fourth-order valence-corrected chi connectivity index (χ4v) is 2.76. The molecule has 2 heterocycles. The fourth-order valence-electron chi connectivity index (χ4n) is 2.58. The number of anilines is 1. The SMILES string of the molecule is CCn1cc(C(=O)Nc2ncccc2C)c(=O)c2cc(Cl)ccc21.